The molecule has 1 amide bonds. The van der Waals surface area contributed by atoms with Crippen molar-refractivity contribution in [3.8, 4) is 5.75 Å². The van der Waals surface area contributed by atoms with Crippen LogP contribution in [0, 0.1) is 0 Å². The van der Waals surface area contributed by atoms with Crippen LogP contribution in [0.25, 0.3) is 0 Å². The predicted molar refractivity (Wildman–Crippen MR) is 57.8 cm³/mol. The fourth-order valence-corrected chi connectivity index (χ4v) is 1.57. The quantitative estimate of drug-likeness (QED) is 0.769. The Morgan fingerprint density at radius 2 is 2.40 bits per heavy atom. The van der Waals surface area contributed by atoms with E-state index in [-0.39, 0.29) is 18.6 Å². The van der Waals surface area contributed by atoms with Gasteiger partial charge in [0.25, 0.3) is 5.91 Å². The van der Waals surface area contributed by atoms with Crippen molar-refractivity contribution >= 4 is 11.6 Å². The van der Waals surface area contributed by atoms with E-state index in [1.807, 2.05) is 25.1 Å². The number of nitrogens with one attached hydrogen (secondary N) is 1. The van der Waals surface area contributed by atoms with Gasteiger partial charge in [-0.15, -0.1) is 0 Å². The minimum Gasteiger partial charge on any atom is -0.482 e. The maximum atomic E-state index is 11.1. The third-order valence-corrected chi connectivity index (χ3v) is 2.50. The molecule has 0 aromatic heterocycles. The highest BCUT2D eigenvalue weighted by atomic mass is 16.5. The van der Waals surface area contributed by atoms with Crippen LogP contribution in [0.5, 0.6) is 5.75 Å². The summed E-state index contributed by atoms with van der Waals surface area (Å²) in [4.78, 5) is 11.1. The molecular weight excluding hydrogens is 192 g/mol. The number of ether oxygens (including phenoxy) is 1. The molecule has 1 atom stereocenters. The smallest absolute Gasteiger partial charge is 0.262 e. The zero-order valence-corrected chi connectivity index (χ0v) is 8.62. The van der Waals surface area contributed by atoms with Gasteiger partial charge in [0.1, 0.15) is 5.75 Å². The molecule has 2 rings (SSSR count). The molecule has 1 heterocycles. The average Bonchev–Trinajstić information content (AvgIpc) is 2.27. The van der Waals surface area contributed by atoms with E-state index >= 15 is 0 Å². The number of carbonyl (C=O) groups is 1. The van der Waals surface area contributed by atoms with Crippen LogP contribution in [0.3, 0.4) is 0 Å². The van der Waals surface area contributed by atoms with E-state index in [9.17, 15) is 4.79 Å². The van der Waals surface area contributed by atoms with Crippen molar-refractivity contribution in [3.05, 3.63) is 23.8 Å². The van der Waals surface area contributed by atoms with Crippen molar-refractivity contribution in [1.82, 2.24) is 0 Å². The summed E-state index contributed by atoms with van der Waals surface area (Å²) in [6.45, 7) is 2.12. The van der Waals surface area contributed by atoms with E-state index in [1.54, 1.807) is 0 Å². The highest BCUT2D eigenvalue weighted by Crippen LogP contribution is 2.30. The molecule has 80 valence electrons. The van der Waals surface area contributed by atoms with Gasteiger partial charge in [0.05, 0.1) is 5.69 Å². The Hall–Kier alpha value is -1.55. The first-order valence-electron chi connectivity index (χ1n) is 5.03. The molecule has 1 unspecified atom stereocenters. The Morgan fingerprint density at radius 1 is 1.60 bits per heavy atom. The molecule has 0 bridgehead atoms. The summed E-state index contributed by atoms with van der Waals surface area (Å²) in [5.74, 6) is 0.589. The topological polar surface area (TPSA) is 64.3 Å². The van der Waals surface area contributed by atoms with Crippen molar-refractivity contribution in [2.24, 2.45) is 5.73 Å². The Kier molecular flexibility index (Phi) is 2.60. The summed E-state index contributed by atoms with van der Waals surface area (Å²) in [5.41, 5.74) is 7.64. The molecule has 15 heavy (non-hydrogen) atoms. The summed E-state index contributed by atoms with van der Waals surface area (Å²) < 4.78 is 5.25. The van der Waals surface area contributed by atoms with Crippen molar-refractivity contribution in [2.45, 2.75) is 19.4 Å². The first kappa shape index (κ1) is 9.98. The molecule has 1 aromatic carbocycles. The molecule has 1 aliphatic rings. The second-order valence-corrected chi connectivity index (χ2v) is 3.61. The van der Waals surface area contributed by atoms with Crippen molar-refractivity contribution < 1.29 is 9.53 Å². The minimum atomic E-state index is -0.121. The van der Waals surface area contributed by atoms with Gasteiger partial charge in [-0.2, -0.15) is 0 Å². The fourth-order valence-electron chi connectivity index (χ4n) is 1.57. The second-order valence-electron chi connectivity index (χ2n) is 3.61. The lowest BCUT2D eigenvalue weighted by Gasteiger charge is -2.19. The molecule has 1 aromatic rings. The molecule has 0 radical (unpaired) electrons. The average molecular weight is 206 g/mol. The molecule has 4 heteroatoms. The van der Waals surface area contributed by atoms with E-state index in [0.717, 1.165) is 12.0 Å². The van der Waals surface area contributed by atoms with Crippen molar-refractivity contribution in [1.29, 1.82) is 0 Å². The largest absolute Gasteiger partial charge is 0.482 e. The molecule has 0 spiro atoms. The van der Waals surface area contributed by atoms with Crippen LogP contribution in [0.4, 0.5) is 5.69 Å². The van der Waals surface area contributed by atoms with Crippen LogP contribution in [-0.4, -0.2) is 12.5 Å². The minimum absolute atomic E-state index is 0.00845. The Bertz CT molecular complexity index is 390. The maximum absolute atomic E-state index is 11.1. The number of benzene rings is 1. The van der Waals surface area contributed by atoms with Gasteiger partial charge in [-0.05, 0) is 24.1 Å². The summed E-state index contributed by atoms with van der Waals surface area (Å²) in [6.07, 6.45) is 0.869. The lowest BCUT2D eigenvalue weighted by atomic mass is 10.0. The van der Waals surface area contributed by atoms with Crippen LogP contribution in [0.2, 0.25) is 0 Å². The summed E-state index contributed by atoms with van der Waals surface area (Å²) in [7, 11) is 0. The molecular formula is C11H14N2O2. The van der Waals surface area contributed by atoms with E-state index in [0.29, 0.717) is 11.4 Å². The second kappa shape index (κ2) is 3.90. The molecule has 0 saturated carbocycles. The van der Waals surface area contributed by atoms with Crippen molar-refractivity contribution in [3.63, 3.8) is 0 Å². The Labute approximate surface area is 88.4 Å². The number of rotatable bonds is 2. The molecule has 0 saturated heterocycles. The standard InChI is InChI=1S/C11H14N2O2/c1-2-8(12)7-3-4-10-9(5-7)13-11(14)6-15-10/h3-5,8H,2,6,12H2,1H3,(H,13,14). The lowest BCUT2D eigenvalue weighted by molar-refractivity contribution is -0.118. The van der Waals surface area contributed by atoms with E-state index < -0.39 is 0 Å². The van der Waals surface area contributed by atoms with E-state index in [2.05, 4.69) is 5.32 Å². The zero-order valence-electron chi connectivity index (χ0n) is 8.62. The zero-order chi connectivity index (χ0) is 10.8. The van der Waals surface area contributed by atoms with Crippen LogP contribution in [-0.2, 0) is 4.79 Å². The van der Waals surface area contributed by atoms with E-state index in [1.165, 1.54) is 0 Å². The molecule has 0 aliphatic carbocycles. The first-order valence-corrected chi connectivity index (χ1v) is 5.03. The number of hydrogen-bond acceptors (Lipinski definition) is 3. The van der Waals surface area contributed by atoms with Crippen LogP contribution in [0.15, 0.2) is 18.2 Å². The third kappa shape index (κ3) is 1.94. The van der Waals surface area contributed by atoms with Crippen molar-refractivity contribution in [2.75, 3.05) is 11.9 Å². The number of fused-ring (bicyclic) bond motifs is 1. The highest BCUT2D eigenvalue weighted by molar-refractivity contribution is 5.95. The van der Waals surface area contributed by atoms with Gasteiger partial charge in [0.2, 0.25) is 0 Å². The summed E-state index contributed by atoms with van der Waals surface area (Å²) >= 11 is 0. The van der Waals surface area contributed by atoms with Crippen LogP contribution >= 0.6 is 0 Å². The van der Waals surface area contributed by atoms with Gasteiger partial charge in [0.15, 0.2) is 6.61 Å². The Morgan fingerprint density at radius 3 is 3.13 bits per heavy atom. The normalized spacial score (nSPS) is 16.3. The van der Waals surface area contributed by atoms with Gasteiger partial charge in [0, 0.05) is 6.04 Å². The Balaban J connectivity index is 2.32. The third-order valence-electron chi connectivity index (χ3n) is 2.50. The number of carbonyl (C=O) groups excluding carboxylic acids is 1. The molecule has 4 nitrogen and oxygen atoms in total. The number of anilines is 1. The van der Waals surface area contributed by atoms with Gasteiger partial charge in [-0.3, -0.25) is 4.79 Å². The molecule has 3 N–H and O–H groups in total. The monoisotopic (exact) mass is 206 g/mol. The molecule has 0 fully saturated rings. The van der Waals surface area contributed by atoms with Gasteiger partial charge in [-0.25, -0.2) is 0 Å². The predicted octanol–water partition coefficient (Wildman–Crippen LogP) is 1.43. The summed E-state index contributed by atoms with van der Waals surface area (Å²) in [6, 6.07) is 5.67. The lowest BCUT2D eigenvalue weighted by Crippen LogP contribution is -2.25. The van der Waals surface area contributed by atoms with E-state index in [4.69, 9.17) is 10.5 Å². The van der Waals surface area contributed by atoms with Crippen LogP contribution in [0.1, 0.15) is 24.9 Å². The molecule has 1 aliphatic heterocycles. The highest BCUT2D eigenvalue weighted by Gasteiger charge is 2.16. The van der Waals surface area contributed by atoms with Gasteiger partial charge >= 0.3 is 0 Å². The van der Waals surface area contributed by atoms with Gasteiger partial charge in [-0.1, -0.05) is 13.0 Å². The number of amides is 1. The summed E-state index contributed by atoms with van der Waals surface area (Å²) in [5, 5.41) is 2.76. The van der Waals surface area contributed by atoms with Gasteiger partial charge < -0.3 is 15.8 Å². The maximum Gasteiger partial charge on any atom is 0.262 e. The van der Waals surface area contributed by atoms with Crippen LogP contribution < -0.4 is 15.8 Å². The number of nitrogens with two attached hydrogens (primary N) is 1. The SMILES string of the molecule is CCC(N)c1ccc2c(c1)NC(=O)CO2. The first-order chi connectivity index (χ1) is 7.20. The number of hydrogen-bond donors (Lipinski definition) is 2. The fraction of sp³-hybridized carbons (Fsp3) is 0.364.